The van der Waals surface area contributed by atoms with E-state index in [9.17, 15) is 4.79 Å². The van der Waals surface area contributed by atoms with Crippen LogP contribution in [-0.2, 0) is 9.53 Å². The number of hydrogen-bond donors (Lipinski definition) is 0. The SMILES string of the molecule is C=COC(=O)C=CC=CCCCCCCC. The Kier molecular flexibility index (Phi) is 10.8. The van der Waals surface area contributed by atoms with Gasteiger partial charge in [0.1, 0.15) is 0 Å². The average Bonchev–Trinajstić information content (AvgIpc) is 2.27. The third-order valence-corrected chi connectivity index (χ3v) is 2.15. The van der Waals surface area contributed by atoms with E-state index >= 15 is 0 Å². The fourth-order valence-electron chi connectivity index (χ4n) is 1.30. The number of carbonyl (C=O) groups is 1. The molecule has 0 unspecified atom stereocenters. The van der Waals surface area contributed by atoms with Gasteiger partial charge in [-0.3, -0.25) is 0 Å². The topological polar surface area (TPSA) is 26.3 Å². The molecule has 0 aromatic carbocycles. The van der Waals surface area contributed by atoms with Gasteiger partial charge in [-0.1, -0.05) is 57.4 Å². The van der Waals surface area contributed by atoms with Crippen LogP contribution in [0, 0.1) is 0 Å². The third-order valence-electron chi connectivity index (χ3n) is 2.15. The van der Waals surface area contributed by atoms with Crippen LogP contribution in [0.1, 0.15) is 45.4 Å². The summed E-state index contributed by atoms with van der Waals surface area (Å²) in [5.74, 6) is -0.386. The van der Waals surface area contributed by atoms with Crippen LogP contribution in [0.3, 0.4) is 0 Å². The molecule has 0 rings (SSSR count). The third kappa shape index (κ3) is 10.8. The van der Waals surface area contributed by atoms with Gasteiger partial charge in [-0.15, -0.1) is 0 Å². The van der Waals surface area contributed by atoms with E-state index in [2.05, 4.69) is 24.3 Å². The van der Waals surface area contributed by atoms with Gasteiger partial charge in [-0.2, -0.15) is 0 Å². The molecule has 0 atom stereocenters. The minimum absolute atomic E-state index is 0.386. The lowest BCUT2D eigenvalue weighted by Crippen LogP contribution is -1.91. The van der Waals surface area contributed by atoms with E-state index in [1.807, 2.05) is 6.08 Å². The second-order valence-corrected chi connectivity index (χ2v) is 3.59. The first kappa shape index (κ1) is 14.7. The second kappa shape index (κ2) is 11.8. The molecule has 0 aliphatic heterocycles. The molecule has 0 radical (unpaired) electrons. The molecule has 0 aromatic rings. The maximum absolute atomic E-state index is 10.8. The molecular weight excluding hydrogens is 200 g/mol. The lowest BCUT2D eigenvalue weighted by Gasteiger charge is -1.95. The van der Waals surface area contributed by atoms with E-state index in [0.29, 0.717) is 0 Å². The zero-order valence-electron chi connectivity index (χ0n) is 10.2. The Morgan fingerprint density at radius 1 is 1.19 bits per heavy atom. The lowest BCUT2D eigenvalue weighted by molar-refractivity contribution is -0.132. The maximum Gasteiger partial charge on any atom is 0.335 e. The first-order valence-electron chi connectivity index (χ1n) is 5.96. The van der Waals surface area contributed by atoms with Crippen LogP contribution in [-0.4, -0.2) is 5.97 Å². The number of unbranched alkanes of at least 4 members (excludes halogenated alkanes) is 5. The number of carbonyl (C=O) groups excluding carboxylic acids is 1. The van der Waals surface area contributed by atoms with E-state index in [1.165, 1.54) is 38.2 Å². The minimum atomic E-state index is -0.386. The van der Waals surface area contributed by atoms with Crippen molar-refractivity contribution < 1.29 is 9.53 Å². The van der Waals surface area contributed by atoms with E-state index in [1.54, 1.807) is 6.08 Å². The van der Waals surface area contributed by atoms with Crippen LogP contribution in [0.15, 0.2) is 37.1 Å². The summed E-state index contributed by atoms with van der Waals surface area (Å²) in [6, 6.07) is 0. The monoisotopic (exact) mass is 222 g/mol. The number of hydrogen-bond acceptors (Lipinski definition) is 2. The Balaban J connectivity index is 3.40. The molecule has 0 saturated carbocycles. The molecule has 0 aliphatic carbocycles. The summed E-state index contributed by atoms with van der Waals surface area (Å²) in [6.07, 6.45) is 15.7. The quantitative estimate of drug-likeness (QED) is 0.193. The van der Waals surface area contributed by atoms with Crippen molar-refractivity contribution in [3.8, 4) is 0 Å². The molecule has 0 bridgehead atoms. The molecule has 0 saturated heterocycles. The Morgan fingerprint density at radius 2 is 1.94 bits per heavy atom. The summed E-state index contributed by atoms with van der Waals surface area (Å²) >= 11 is 0. The first-order chi connectivity index (χ1) is 7.81. The van der Waals surface area contributed by atoms with Crippen molar-refractivity contribution in [2.75, 3.05) is 0 Å². The first-order valence-corrected chi connectivity index (χ1v) is 5.96. The average molecular weight is 222 g/mol. The van der Waals surface area contributed by atoms with Crippen LogP contribution >= 0.6 is 0 Å². The van der Waals surface area contributed by atoms with Crippen molar-refractivity contribution in [3.63, 3.8) is 0 Å². The van der Waals surface area contributed by atoms with E-state index in [-0.39, 0.29) is 5.97 Å². The van der Waals surface area contributed by atoms with Crippen molar-refractivity contribution in [2.24, 2.45) is 0 Å². The van der Waals surface area contributed by atoms with Gasteiger partial charge in [0.15, 0.2) is 0 Å². The van der Waals surface area contributed by atoms with Gasteiger partial charge in [-0.25, -0.2) is 4.79 Å². The van der Waals surface area contributed by atoms with Gasteiger partial charge in [0.2, 0.25) is 0 Å². The maximum atomic E-state index is 10.8. The predicted octanol–water partition coefficient (Wildman–Crippen LogP) is 4.15. The predicted molar refractivity (Wildman–Crippen MR) is 67.9 cm³/mol. The van der Waals surface area contributed by atoms with Crippen LogP contribution in [0.2, 0.25) is 0 Å². The smallest absolute Gasteiger partial charge is 0.335 e. The molecule has 90 valence electrons. The standard InChI is InChI=1S/C14H22O2/c1-3-5-6-7-8-9-10-11-12-13-14(15)16-4-2/h4,10-13H,2-3,5-9H2,1H3. The number of allylic oxidation sites excluding steroid dienone is 3. The fraction of sp³-hybridized carbons (Fsp3) is 0.500. The van der Waals surface area contributed by atoms with Crippen LogP contribution < -0.4 is 0 Å². The van der Waals surface area contributed by atoms with E-state index in [0.717, 1.165) is 12.7 Å². The number of esters is 1. The van der Waals surface area contributed by atoms with Gasteiger partial charge in [0, 0.05) is 6.08 Å². The molecule has 0 amide bonds. The summed E-state index contributed by atoms with van der Waals surface area (Å²) < 4.78 is 4.52. The Hall–Kier alpha value is -1.31. The van der Waals surface area contributed by atoms with Crippen LogP contribution in [0.5, 0.6) is 0 Å². The van der Waals surface area contributed by atoms with Gasteiger partial charge in [0.25, 0.3) is 0 Å². The number of rotatable bonds is 9. The summed E-state index contributed by atoms with van der Waals surface area (Å²) in [5, 5.41) is 0. The molecule has 2 nitrogen and oxygen atoms in total. The van der Waals surface area contributed by atoms with E-state index in [4.69, 9.17) is 0 Å². The van der Waals surface area contributed by atoms with Gasteiger partial charge in [-0.05, 0) is 12.8 Å². The fourth-order valence-corrected chi connectivity index (χ4v) is 1.30. The summed E-state index contributed by atoms with van der Waals surface area (Å²) in [6.45, 7) is 5.51. The molecule has 0 fully saturated rings. The Bertz CT molecular complexity index is 239. The van der Waals surface area contributed by atoms with Gasteiger partial charge in [0.05, 0.1) is 6.26 Å². The highest BCUT2D eigenvalue weighted by Gasteiger charge is 1.89. The molecule has 2 heteroatoms. The van der Waals surface area contributed by atoms with Crippen LogP contribution in [0.25, 0.3) is 0 Å². The molecule has 0 aliphatic rings. The van der Waals surface area contributed by atoms with Gasteiger partial charge >= 0.3 is 5.97 Å². The molecule has 0 heterocycles. The largest absolute Gasteiger partial charge is 0.432 e. The molecule has 0 N–H and O–H groups in total. The van der Waals surface area contributed by atoms with Gasteiger partial charge < -0.3 is 4.74 Å². The summed E-state index contributed by atoms with van der Waals surface area (Å²) in [5.41, 5.74) is 0. The molecule has 0 spiro atoms. The molecular formula is C14H22O2. The second-order valence-electron chi connectivity index (χ2n) is 3.59. The highest BCUT2D eigenvalue weighted by molar-refractivity contribution is 5.82. The van der Waals surface area contributed by atoms with Crippen molar-refractivity contribution in [2.45, 2.75) is 45.4 Å². The highest BCUT2D eigenvalue weighted by atomic mass is 16.5. The summed E-state index contributed by atoms with van der Waals surface area (Å²) in [7, 11) is 0. The molecule has 16 heavy (non-hydrogen) atoms. The normalized spacial score (nSPS) is 11.1. The Morgan fingerprint density at radius 3 is 2.62 bits per heavy atom. The number of ether oxygens (including phenoxy) is 1. The highest BCUT2D eigenvalue weighted by Crippen LogP contribution is 2.05. The van der Waals surface area contributed by atoms with Crippen LogP contribution in [0.4, 0.5) is 0 Å². The zero-order chi connectivity index (χ0) is 12.1. The Labute approximate surface area is 98.7 Å². The minimum Gasteiger partial charge on any atom is -0.432 e. The molecule has 0 aromatic heterocycles. The van der Waals surface area contributed by atoms with E-state index < -0.39 is 0 Å². The summed E-state index contributed by atoms with van der Waals surface area (Å²) in [4.78, 5) is 10.8. The van der Waals surface area contributed by atoms with Crippen molar-refractivity contribution >= 4 is 5.97 Å². The zero-order valence-corrected chi connectivity index (χ0v) is 10.2. The lowest BCUT2D eigenvalue weighted by atomic mass is 10.1. The van der Waals surface area contributed by atoms with Crippen molar-refractivity contribution in [3.05, 3.63) is 37.1 Å². The van der Waals surface area contributed by atoms with Crippen molar-refractivity contribution in [1.82, 2.24) is 0 Å². The van der Waals surface area contributed by atoms with Crippen molar-refractivity contribution in [1.29, 1.82) is 0 Å².